The lowest BCUT2D eigenvalue weighted by Crippen LogP contribution is -2.13. The van der Waals surface area contributed by atoms with Crippen molar-refractivity contribution in [1.29, 1.82) is 0 Å². The Labute approximate surface area is 196 Å². The Morgan fingerprint density at radius 2 is 1.67 bits per heavy atom. The standard InChI is InChI=1S/C27H20N4OS/c32-27(30-21-7-9-22(10-8-21)33-18-19-4-3-13-29-17-19)24-16-26(20-11-14-28-15-12-20)31-25-6-2-1-5-23(24)25/h1-17H,18H2,(H,30,32). The fourth-order valence-electron chi connectivity index (χ4n) is 3.52. The minimum absolute atomic E-state index is 0.167. The Morgan fingerprint density at radius 1 is 0.848 bits per heavy atom. The highest BCUT2D eigenvalue weighted by Gasteiger charge is 2.14. The lowest BCUT2D eigenvalue weighted by atomic mass is 10.0. The van der Waals surface area contributed by atoms with Crippen LogP contribution in [-0.2, 0) is 5.75 Å². The molecule has 33 heavy (non-hydrogen) atoms. The van der Waals surface area contributed by atoms with E-state index >= 15 is 0 Å². The Balaban J connectivity index is 1.36. The topological polar surface area (TPSA) is 67.8 Å². The van der Waals surface area contributed by atoms with Crippen LogP contribution in [0.5, 0.6) is 0 Å². The van der Waals surface area contributed by atoms with Crippen LogP contribution in [0.25, 0.3) is 22.2 Å². The number of nitrogens with zero attached hydrogens (tertiary/aromatic N) is 3. The van der Waals surface area contributed by atoms with Crippen molar-refractivity contribution in [1.82, 2.24) is 15.0 Å². The van der Waals surface area contributed by atoms with Crippen LogP contribution in [0.4, 0.5) is 5.69 Å². The molecule has 3 aromatic heterocycles. The van der Waals surface area contributed by atoms with Gasteiger partial charge in [-0.05, 0) is 60.2 Å². The number of para-hydroxylation sites is 1. The lowest BCUT2D eigenvalue weighted by molar-refractivity contribution is 0.102. The van der Waals surface area contributed by atoms with E-state index in [1.54, 1.807) is 30.4 Å². The second-order valence-corrected chi connectivity index (χ2v) is 8.49. The molecule has 0 atom stereocenters. The first-order valence-corrected chi connectivity index (χ1v) is 11.5. The van der Waals surface area contributed by atoms with Crippen LogP contribution in [-0.4, -0.2) is 20.9 Å². The molecule has 1 N–H and O–H groups in total. The van der Waals surface area contributed by atoms with Crippen molar-refractivity contribution in [3.8, 4) is 11.3 Å². The van der Waals surface area contributed by atoms with Crippen molar-refractivity contribution in [3.05, 3.63) is 115 Å². The van der Waals surface area contributed by atoms with E-state index in [4.69, 9.17) is 4.98 Å². The number of hydrogen-bond donors (Lipinski definition) is 1. The van der Waals surface area contributed by atoms with E-state index in [0.717, 1.165) is 38.5 Å². The summed E-state index contributed by atoms with van der Waals surface area (Å²) >= 11 is 1.73. The Bertz CT molecular complexity index is 1390. The number of pyridine rings is 3. The van der Waals surface area contributed by atoms with Gasteiger partial charge in [0.1, 0.15) is 0 Å². The van der Waals surface area contributed by atoms with E-state index in [2.05, 4.69) is 21.4 Å². The van der Waals surface area contributed by atoms with Crippen molar-refractivity contribution < 1.29 is 4.79 Å². The quantitative estimate of drug-likeness (QED) is 0.312. The first kappa shape index (κ1) is 20.8. The monoisotopic (exact) mass is 448 g/mol. The number of amides is 1. The van der Waals surface area contributed by atoms with Gasteiger partial charge < -0.3 is 5.32 Å². The molecule has 0 aliphatic carbocycles. The summed E-state index contributed by atoms with van der Waals surface area (Å²) in [6.45, 7) is 0. The van der Waals surface area contributed by atoms with Crippen LogP contribution in [0, 0.1) is 0 Å². The number of carbonyl (C=O) groups excluding carboxylic acids is 1. The largest absolute Gasteiger partial charge is 0.322 e. The molecular formula is C27H20N4OS. The van der Waals surface area contributed by atoms with Crippen LogP contribution in [0.15, 0.2) is 109 Å². The van der Waals surface area contributed by atoms with Crippen molar-refractivity contribution in [2.24, 2.45) is 0 Å². The fourth-order valence-corrected chi connectivity index (χ4v) is 4.35. The summed E-state index contributed by atoms with van der Waals surface area (Å²) in [4.78, 5) is 27.3. The minimum Gasteiger partial charge on any atom is -0.322 e. The first-order valence-electron chi connectivity index (χ1n) is 10.5. The van der Waals surface area contributed by atoms with Crippen molar-refractivity contribution in [2.75, 3.05) is 5.32 Å². The second kappa shape index (κ2) is 9.63. The number of aromatic nitrogens is 3. The molecule has 0 bridgehead atoms. The van der Waals surface area contributed by atoms with E-state index < -0.39 is 0 Å². The number of benzene rings is 2. The first-order chi connectivity index (χ1) is 16.3. The number of thioether (sulfide) groups is 1. The van der Waals surface area contributed by atoms with Crippen LogP contribution >= 0.6 is 11.8 Å². The molecule has 5 nitrogen and oxygen atoms in total. The predicted molar refractivity (Wildman–Crippen MR) is 133 cm³/mol. The molecule has 5 rings (SSSR count). The van der Waals surface area contributed by atoms with Crippen LogP contribution in [0.1, 0.15) is 15.9 Å². The van der Waals surface area contributed by atoms with Gasteiger partial charge >= 0.3 is 0 Å². The van der Waals surface area contributed by atoms with Gasteiger partial charge in [0.2, 0.25) is 0 Å². The molecule has 160 valence electrons. The molecule has 0 saturated heterocycles. The highest BCUT2D eigenvalue weighted by molar-refractivity contribution is 7.98. The third-order valence-electron chi connectivity index (χ3n) is 5.18. The molecule has 5 aromatic rings. The van der Waals surface area contributed by atoms with Gasteiger partial charge in [-0.1, -0.05) is 24.3 Å². The molecule has 0 radical (unpaired) electrons. The Hall–Kier alpha value is -4.03. The van der Waals surface area contributed by atoms with Crippen LogP contribution < -0.4 is 5.32 Å². The summed E-state index contributed by atoms with van der Waals surface area (Å²) in [5, 5.41) is 3.85. The normalized spacial score (nSPS) is 10.8. The number of carbonyl (C=O) groups is 1. The highest BCUT2D eigenvalue weighted by Crippen LogP contribution is 2.27. The number of fused-ring (bicyclic) bond motifs is 1. The zero-order chi connectivity index (χ0) is 22.5. The van der Waals surface area contributed by atoms with Gasteiger partial charge in [-0.2, -0.15) is 0 Å². The van der Waals surface area contributed by atoms with Gasteiger partial charge in [0.05, 0.1) is 16.8 Å². The highest BCUT2D eigenvalue weighted by atomic mass is 32.2. The predicted octanol–water partition coefficient (Wildman–Crippen LogP) is 6.24. The zero-order valence-corrected chi connectivity index (χ0v) is 18.5. The second-order valence-electron chi connectivity index (χ2n) is 7.44. The number of nitrogens with one attached hydrogen (secondary N) is 1. The maximum atomic E-state index is 13.2. The van der Waals surface area contributed by atoms with E-state index in [-0.39, 0.29) is 5.91 Å². The van der Waals surface area contributed by atoms with Gasteiger partial charge in [-0.25, -0.2) is 4.98 Å². The average Bonchev–Trinajstić information content (AvgIpc) is 2.88. The summed E-state index contributed by atoms with van der Waals surface area (Å²) in [5.74, 6) is 0.681. The third-order valence-corrected chi connectivity index (χ3v) is 6.26. The summed E-state index contributed by atoms with van der Waals surface area (Å²) < 4.78 is 0. The summed E-state index contributed by atoms with van der Waals surface area (Å²) in [6, 6.07) is 25.2. The van der Waals surface area contributed by atoms with Crippen molar-refractivity contribution >= 4 is 34.3 Å². The molecule has 0 spiro atoms. The Kier molecular flexibility index (Phi) is 6.08. The van der Waals surface area contributed by atoms with Gasteiger partial charge in [0, 0.05) is 52.1 Å². The van der Waals surface area contributed by atoms with Crippen molar-refractivity contribution in [3.63, 3.8) is 0 Å². The molecule has 1 amide bonds. The molecule has 0 aliphatic heterocycles. The van der Waals surface area contributed by atoms with E-state index in [0.29, 0.717) is 5.56 Å². The molecule has 6 heteroatoms. The minimum atomic E-state index is -0.167. The molecule has 0 aliphatic rings. The fraction of sp³-hybridized carbons (Fsp3) is 0.0370. The smallest absolute Gasteiger partial charge is 0.256 e. The molecule has 0 saturated carbocycles. The maximum absolute atomic E-state index is 13.2. The van der Waals surface area contributed by atoms with E-state index in [1.165, 1.54) is 5.56 Å². The maximum Gasteiger partial charge on any atom is 0.256 e. The SMILES string of the molecule is O=C(Nc1ccc(SCc2cccnc2)cc1)c1cc(-c2ccncc2)nc2ccccc12. The van der Waals surface area contributed by atoms with Gasteiger partial charge in [0.15, 0.2) is 0 Å². The van der Waals surface area contributed by atoms with Gasteiger partial charge in [-0.3, -0.25) is 14.8 Å². The van der Waals surface area contributed by atoms with E-state index in [1.807, 2.05) is 79.0 Å². The third kappa shape index (κ3) is 4.91. The zero-order valence-electron chi connectivity index (χ0n) is 17.7. The molecular weight excluding hydrogens is 428 g/mol. The van der Waals surface area contributed by atoms with Gasteiger partial charge in [0.25, 0.3) is 5.91 Å². The number of rotatable bonds is 6. The van der Waals surface area contributed by atoms with Crippen molar-refractivity contribution in [2.45, 2.75) is 10.6 Å². The van der Waals surface area contributed by atoms with Crippen LogP contribution in [0.2, 0.25) is 0 Å². The summed E-state index contributed by atoms with van der Waals surface area (Å²) in [7, 11) is 0. The van der Waals surface area contributed by atoms with Crippen LogP contribution in [0.3, 0.4) is 0 Å². The molecule has 2 aromatic carbocycles. The van der Waals surface area contributed by atoms with E-state index in [9.17, 15) is 4.79 Å². The summed E-state index contributed by atoms with van der Waals surface area (Å²) in [6.07, 6.45) is 7.10. The molecule has 0 fully saturated rings. The number of anilines is 1. The number of hydrogen-bond acceptors (Lipinski definition) is 5. The molecule has 0 unspecified atom stereocenters. The Morgan fingerprint density at radius 3 is 2.45 bits per heavy atom. The molecule has 3 heterocycles. The average molecular weight is 449 g/mol. The summed E-state index contributed by atoms with van der Waals surface area (Å²) in [5.41, 5.74) is 4.94. The lowest BCUT2D eigenvalue weighted by Gasteiger charge is -2.11. The van der Waals surface area contributed by atoms with Gasteiger partial charge in [-0.15, -0.1) is 11.8 Å².